The van der Waals surface area contributed by atoms with Gasteiger partial charge < -0.3 is 4.90 Å². The van der Waals surface area contributed by atoms with Gasteiger partial charge in [-0.3, -0.25) is 0 Å². The van der Waals surface area contributed by atoms with Crippen LogP contribution in [0.25, 0.3) is 0 Å². The SMILES string of the molecule is C[C@@H]1C[C@@H](C)CN(CC2CC2)C1. The van der Waals surface area contributed by atoms with Gasteiger partial charge in [-0.2, -0.15) is 0 Å². The maximum Gasteiger partial charge on any atom is 0.000989 e. The van der Waals surface area contributed by atoms with Gasteiger partial charge in [-0.25, -0.2) is 0 Å². The summed E-state index contributed by atoms with van der Waals surface area (Å²) >= 11 is 0. The molecule has 1 aliphatic carbocycles. The van der Waals surface area contributed by atoms with Crippen molar-refractivity contribution in [2.24, 2.45) is 17.8 Å². The topological polar surface area (TPSA) is 3.24 Å². The van der Waals surface area contributed by atoms with Gasteiger partial charge in [-0.05, 0) is 37.0 Å². The summed E-state index contributed by atoms with van der Waals surface area (Å²) in [4.78, 5) is 2.69. The first-order valence-electron chi connectivity index (χ1n) is 5.46. The van der Waals surface area contributed by atoms with E-state index in [1.165, 1.54) is 38.9 Å². The molecule has 1 aliphatic heterocycles. The van der Waals surface area contributed by atoms with E-state index >= 15 is 0 Å². The van der Waals surface area contributed by atoms with E-state index in [-0.39, 0.29) is 0 Å². The van der Waals surface area contributed by atoms with Gasteiger partial charge in [0.1, 0.15) is 0 Å². The average Bonchev–Trinajstić information content (AvgIpc) is 2.68. The lowest BCUT2D eigenvalue weighted by atomic mass is 9.92. The zero-order valence-corrected chi connectivity index (χ0v) is 8.42. The molecule has 0 aromatic carbocycles. The molecule has 0 radical (unpaired) electrons. The van der Waals surface area contributed by atoms with E-state index in [4.69, 9.17) is 0 Å². The lowest BCUT2D eigenvalue weighted by molar-refractivity contribution is 0.136. The van der Waals surface area contributed by atoms with Crippen LogP contribution in [-0.4, -0.2) is 24.5 Å². The van der Waals surface area contributed by atoms with Crippen molar-refractivity contribution in [3.63, 3.8) is 0 Å². The third-order valence-electron chi connectivity index (χ3n) is 3.16. The summed E-state index contributed by atoms with van der Waals surface area (Å²) in [5, 5.41) is 0. The van der Waals surface area contributed by atoms with Gasteiger partial charge >= 0.3 is 0 Å². The van der Waals surface area contributed by atoms with Crippen LogP contribution in [0.3, 0.4) is 0 Å². The Bertz CT molecular complexity index is 138. The van der Waals surface area contributed by atoms with E-state index in [0.29, 0.717) is 0 Å². The summed E-state index contributed by atoms with van der Waals surface area (Å²) < 4.78 is 0. The Labute approximate surface area is 76.1 Å². The largest absolute Gasteiger partial charge is 0.303 e. The molecule has 0 aromatic heterocycles. The van der Waals surface area contributed by atoms with Crippen LogP contribution in [0.2, 0.25) is 0 Å². The highest BCUT2D eigenvalue weighted by Crippen LogP contribution is 2.31. The predicted octanol–water partition coefficient (Wildman–Crippen LogP) is 2.37. The molecule has 1 saturated heterocycles. The van der Waals surface area contributed by atoms with Crippen molar-refractivity contribution in [1.82, 2.24) is 4.90 Å². The Morgan fingerprint density at radius 3 is 2.17 bits per heavy atom. The number of rotatable bonds is 2. The smallest absolute Gasteiger partial charge is 0.000989 e. The molecule has 2 aliphatic rings. The van der Waals surface area contributed by atoms with E-state index in [2.05, 4.69) is 18.7 Å². The Kier molecular flexibility index (Phi) is 2.40. The van der Waals surface area contributed by atoms with Crippen LogP contribution in [0, 0.1) is 17.8 Å². The number of nitrogens with zero attached hydrogens (tertiary/aromatic N) is 1. The molecule has 2 rings (SSSR count). The maximum absolute atomic E-state index is 2.69. The summed E-state index contributed by atoms with van der Waals surface area (Å²) in [5.41, 5.74) is 0. The number of hydrogen-bond acceptors (Lipinski definition) is 1. The van der Waals surface area contributed by atoms with Crippen molar-refractivity contribution in [2.75, 3.05) is 19.6 Å². The number of piperidine rings is 1. The second-order valence-electron chi connectivity index (χ2n) is 5.11. The second-order valence-corrected chi connectivity index (χ2v) is 5.11. The Morgan fingerprint density at radius 2 is 1.67 bits per heavy atom. The van der Waals surface area contributed by atoms with E-state index < -0.39 is 0 Å². The fourth-order valence-electron chi connectivity index (χ4n) is 2.61. The van der Waals surface area contributed by atoms with Crippen LogP contribution in [0.5, 0.6) is 0 Å². The van der Waals surface area contributed by atoms with E-state index in [1.807, 2.05) is 0 Å². The van der Waals surface area contributed by atoms with Crippen molar-refractivity contribution < 1.29 is 0 Å². The summed E-state index contributed by atoms with van der Waals surface area (Å²) in [5.74, 6) is 2.95. The molecule has 0 aromatic rings. The minimum Gasteiger partial charge on any atom is -0.303 e. The number of hydrogen-bond donors (Lipinski definition) is 0. The minimum atomic E-state index is 0.937. The first-order valence-corrected chi connectivity index (χ1v) is 5.46. The highest BCUT2D eigenvalue weighted by Gasteiger charge is 2.28. The fourth-order valence-corrected chi connectivity index (χ4v) is 2.61. The van der Waals surface area contributed by atoms with Crippen LogP contribution in [-0.2, 0) is 0 Å². The molecule has 1 heteroatoms. The Balaban J connectivity index is 1.79. The molecule has 1 nitrogen and oxygen atoms in total. The van der Waals surface area contributed by atoms with Gasteiger partial charge in [0.15, 0.2) is 0 Å². The molecule has 0 spiro atoms. The molecular weight excluding hydrogens is 146 g/mol. The van der Waals surface area contributed by atoms with Crippen molar-refractivity contribution in [1.29, 1.82) is 0 Å². The second kappa shape index (κ2) is 3.37. The molecule has 1 heterocycles. The predicted molar refractivity (Wildman–Crippen MR) is 52.1 cm³/mol. The van der Waals surface area contributed by atoms with Gasteiger partial charge in [0.25, 0.3) is 0 Å². The highest BCUT2D eigenvalue weighted by molar-refractivity contribution is 4.81. The molecule has 2 fully saturated rings. The average molecular weight is 167 g/mol. The van der Waals surface area contributed by atoms with Gasteiger partial charge in [0.05, 0.1) is 0 Å². The summed E-state index contributed by atoms with van der Waals surface area (Å²) in [6.07, 6.45) is 4.44. The highest BCUT2D eigenvalue weighted by atomic mass is 15.1. The standard InChI is InChI=1S/C11H21N/c1-9-5-10(2)7-12(6-9)8-11-3-4-11/h9-11H,3-8H2,1-2H3/t9-,10-/m1/s1. The van der Waals surface area contributed by atoms with Crippen LogP contribution in [0.1, 0.15) is 33.1 Å². The van der Waals surface area contributed by atoms with Crippen molar-refractivity contribution in [2.45, 2.75) is 33.1 Å². The molecule has 1 saturated carbocycles. The first-order chi connectivity index (χ1) is 5.74. The third-order valence-corrected chi connectivity index (χ3v) is 3.16. The molecule has 0 unspecified atom stereocenters. The zero-order chi connectivity index (χ0) is 8.55. The molecule has 0 bridgehead atoms. The van der Waals surface area contributed by atoms with Crippen LogP contribution in [0.15, 0.2) is 0 Å². The lowest BCUT2D eigenvalue weighted by Crippen LogP contribution is -2.39. The van der Waals surface area contributed by atoms with Crippen LogP contribution in [0.4, 0.5) is 0 Å². The van der Waals surface area contributed by atoms with E-state index in [1.54, 1.807) is 0 Å². The fraction of sp³-hybridized carbons (Fsp3) is 1.00. The van der Waals surface area contributed by atoms with Crippen molar-refractivity contribution >= 4 is 0 Å². The molecule has 0 amide bonds. The van der Waals surface area contributed by atoms with Gasteiger partial charge in [-0.1, -0.05) is 13.8 Å². The van der Waals surface area contributed by atoms with Crippen LogP contribution >= 0.6 is 0 Å². The normalized spacial score (nSPS) is 38.5. The van der Waals surface area contributed by atoms with Gasteiger partial charge in [0, 0.05) is 19.6 Å². The molecular formula is C11H21N. The summed E-state index contributed by atoms with van der Waals surface area (Å²) in [6.45, 7) is 8.92. The van der Waals surface area contributed by atoms with Crippen LogP contribution < -0.4 is 0 Å². The first kappa shape index (κ1) is 8.55. The summed E-state index contributed by atoms with van der Waals surface area (Å²) in [7, 11) is 0. The molecule has 2 atom stereocenters. The minimum absolute atomic E-state index is 0.937. The monoisotopic (exact) mass is 167 g/mol. The van der Waals surface area contributed by atoms with Crippen molar-refractivity contribution in [3.8, 4) is 0 Å². The molecule has 0 N–H and O–H groups in total. The van der Waals surface area contributed by atoms with Gasteiger partial charge in [-0.15, -0.1) is 0 Å². The van der Waals surface area contributed by atoms with E-state index in [9.17, 15) is 0 Å². The summed E-state index contributed by atoms with van der Waals surface area (Å²) in [6, 6.07) is 0. The van der Waals surface area contributed by atoms with Crippen molar-refractivity contribution in [3.05, 3.63) is 0 Å². The lowest BCUT2D eigenvalue weighted by Gasteiger charge is -2.34. The zero-order valence-electron chi connectivity index (χ0n) is 8.42. The Hall–Kier alpha value is -0.0400. The quantitative estimate of drug-likeness (QED) is 0.610. The molecule has 70 valence electrons. The number of likely N-dealkylation sites (tertiary alicyclic amines) is 1. The molecule has 12 heavy (non-hydrogen) atoms. The van der Waals surface area contributed by atoms with Gasteiger partial charge in [0.2, 0.25) is 0 Å². The van der Waals surface area contributed by atoms with E-state index in [0.717, 1.165) is 17.8 Å². The maximum atomic E-state index is 2.69. The third kappa shape index (κ3) is 2.22. The Morgan fingerprint density at radius 1 is 1.08 bits per heavy atom.